The lowest BCUT2D eigenvalue weighted by Crippen LogP contribution is -2.08. The fourth-order valence-corrected chi connectivity index (χ4v) is 1.66. The van der Waals surface area contributed by atoms with Crippen LogP contribution < -0.4 is 5.73 Å². The highest BCUT2D eigenvalue weighted by Crippen LogP contribution is 2.19. The number of nitrogens with zero attached hydrogens (tertiary/aromatic N) is 4. The molecule has 0 bridgehead atoms. The second kappa shape index (κ2) is 3.51. The highest BCUT2D eigenvalue weighted by atomic mass is 16.5. The number of nitrogen functional groups attached to an aromatic ring is 1. The quantitative estimate of drug-likeness (QED) is 0.731. The maximum Gasteiger partial charge on any atom is 0.345 e. The number of carbonyl (C=O) groups is 1. The van der Waals surface area contributed by atoms with Crippen molar-refractivity contribution in [3.8, 4) is 0 Å². The molecule has 0 aliphatic carbocycles. The minimum atomic E-state index is -0.474. The number of anilines is 1. The number of esters is 1. The van der Waals surface area contributed by atoms with Crippen molar-refractivity contribution in [2.24, 2.45) is 7.05 Å². The summed E-state index contributed by atoms with van der Waals surface area (Å²) in [6, 6.07) is 0. The fourth-order valence-electron chi connectivity index (χ4n) is 1.66. The molecule has 16 heavy (non-hydrogen) atoms. The van der Waals surface area contributed by atoms with Crippen molar-refractivity contribution >= 4 is 17.4 Å². The van der Waals surface area contributed by atoms with E-state index in [4.69, 9.17) is 10.5 Å². The van der Waals surface area contributed by atoms with Gasteiger partial charge < -0.3 is 10.5 Å². The van der Waals surface area contributed by atoms with Gasteiger partial charge in [0.05, 0.1) is 6.61 Å². The first-order chi connectivity index (χ1) is 7.56. The first kappa shape index (κ1) is 10.5. The van der Waals surface area contributed by atoms with Gasteiger partial charge in [-0.1, -0.05) is 0 Å². The molecular formula is C9H13N5O2. The third kappa shape index (κ3) is 1.32. The predicted molar refractivity (Wildman–Crippen MR) is 57.1 cm³/mol. The SMILES string of the molecule is CCOC(=O)c1c(N)nn2c(C)nn(C)c12. The van der Waals surface area contributed by atoms with Crippen molar-refractivity contribution in [1.82, 2.24) is 19.4 Å². The highest BCUT2D eigenvalue weighted by Gasteiger charge is 2.23. The Balaban J connectivity index is 2.68. The van der Waals surface area contributed by atoms with Crippen LogP contribution in [0.2, 0.25) is 0 Å². The second-order valence-electron chi connectivity index (χ2n) is 3.39. The summed E-state index contributed by atoms with van der Waals surface area (Å²) in [6.07, 6.45) is 0. The molecule has 7 heteroatoms. The number of ether oxygens (including phenoxy) is 1. The van der Waals surface area contributed by atoms with Crippen LogP contribution in [-0.2, 0) is 11.8 Å². The number of rotatable bonds is 2. The van der Waals surface area contributed by atoms with Gasteiger partial charge in [-0.05, 0) is 13.8 Å². The average molecular weight is 223 g/mol. The smallest absolute Gasteiger partial charge is 0.345 e. The second-order valence-corrected chi connectivity index (χ2v) is 3.39. The molecule has 0 amide bonds. The van der Waals surface area contributed by atoms with E-state index in [1.54, 1.807) is 25.6 Å². The molecule has 0 atom stereocenters. The van der Waals surface area contributed by atoms with Crippen molar-refractivity contribution in [2.45, 2.75) is 13.8 Å². The largest absolute Gasteiger partial charge is 0.462 e. The number of fused-ring (bicyclic) bond motifs is 1. The summed E-state index contributed by atoms with van der Waals surface area (Å²) >= 11 is 0. The van der Waals surface area contributed by atoms with Crippen LogP contribution >= 0.6 is 0 Å². The van der Waals surface area contributed by atoms with Crippen LogP contribution in [-0.4, -0.2) is 32.0 Å². The topological polar surface area (TPSA) is 87.4 Å². The van der Waals surface area contributed by atoms with Crippen molar-refractivity contribution in [3.05, 3.63) is 11.4 Å². The van der Waals surface area contributed by atoms with E-state index in [0.717, 1.165) is 0 Å². The molecule has 2 aromatic rings. The Morgan fingerprint density at radius 3 is 2.81 bits per heavy atom. The summed E-state index contributed by atoms with van der Waals surface area (Å²) in [6.45, 7) is 3.82. The standard InChI is InChI=1S/C9H13N5O2/c1-4-16-9(15)6-7(10)12-14-5(2)11-13(3)8(6)14/h4H2,1-3H3,(H2,10,12). The Bertz CT molecular complexity index is 554. The van der Waals surface area contributed by atoms with Gasteiger partial charge in [0.15, 0.2) is 11.5 Å². The molecule has 0 saturated carbocycles. The molecule has 0 unspecified atom stereocenters. The predicted octanol–water partition coefficient (Wildman–Crippen LogP) is 0.135. The van der Waals surface area contributed by atoms with E-state index in [1.807, 2.05) is 0 Å². The van der Waals surface area contributed by atoms with E-state index in [9.17, 15) is 4.79 Å². The van der Waals surface area contributed by atoms with E-state index in [0.29, 0.717) is 18.1 Å². The van der Waals surface area contributed by atoms with Crippen LogP contribution in [0.4, 0.5) is 5.82 Å². The molecule has 2 rings (SSSR count). The van der Waals surface area contributed by atoms with Gasteiger partial charge in [-0.15, -0.1) is 5.10 Å². The van der Waals surface area contributed by atoms with Crippen molar-refractivity contribution in [3.63, 3.8) is 0 Å². The van der Waals surface area contributed by atoms with Gasteiger partial charge >= 0.3 is 5.97 Å². The summed E-state index contributed by atoms with van der Waals surface area (Å²) < 4.78 is 8.02. The van der Waals surface area contributed by atoms with Crippen LogP contribution in [0, 0.1) is 6.92 Å². The molecule has 2 aromatic heterocycles. The molecule has 0 spiro atoms. The molecule has 0 radical (unpaired) electrons. The van der Waals surface area contributed by atoms with Gasteiger partial charge in [-0.2, -0.15) is 9.61 Å². The Hall–Kier alpha value is -2.05. The van der Waals surface area contributed by atoms with Crippen molar-refractivity contribution < 1.29 is 9.53 Å². The van der Waals surface area contributed by atoms with Crippen LogP contribution in [0.3, 0.4) is 0 Å². The molecule has 0 saturated heterocycles. The van der Waals surface area contributed by atoms with Gasteiger partial charge in [0.2, 0.25) is 0 Å². The number of nitrogens with two attached hydrogens (primary N) is 1. The number of aromatic nitrogens is 4. The summed E-state index contributed by atoms with van der Waals surface area (Å²) in [4.78, 5) is 11.7. The molecule has 86 valence electrons. The maximum absolute atomic E-state index is 11.7. The fraction of sp³-hybridized carbons (Fsp3) is 0.444. The third-order valence-electron chi connectivity index (χ3n) is 2.28. The zero-order valence-corrected chi connectivity index (χ0v) is 9.39. The number of hydrogen-bond acceptors (Lipinski definition) is 5. The maximum atomic E-state index is 11.7. The zero-order chi connectivity index (χ0) is 11.9. The minimum Gasteiger partial charge on any atom is -0.462 e. The molecule has 0 aromatic carbocycles. The van der Waals surface area contributed by atoms with E-state index < -0.39 is 5.97 Å². The van der Waals surface area contributed by atoms with Crippen LogP contribution in [0.5, 0.6) is 0 Å². The molecule has 7 nitrogen and oxygen atoms in total. The van der Waals surface area contributed by atoms with E-state index in [2.05, 4.69) is 10.2 Å². The Labute approximate surface area is 91.8 Å². The summed E-state index contributed by atoms with van der Waals surface area (Å²) in [7, 11) is 1.73. The van der Waals surface area contributed by atoms with Crippen molar-refractivity contribution in [1.29, 1.82) is 0 Å². The monoisotopic (exact) mass is 223 g/mol. The Morgan fingerprint density at radius 1 is 1.50 bits per heavy atom. The van der Waals surface area contributed by atoms with E-state index in [-0.39, 0.29) is 11.4 Å². The number of aryl methyl sites for hydroxylation is 2. The third-order valence-corrected chi connectivity index (χ3v) is 2.28. The van der Waals surface area contributed by atoms with Crippen LogP contribution in [0.15, 0.2) is 0 Å². The lowest BCUT2D eigenvalue weighted by molar-refractivity contribution is 0.0529. The van der Waals surface area contributed by atoms with Gasteiger partial charge in [0.25, 0.3) is 0 Å². The minimum absolute atomic E-state index is 0.162. The lowest BCUT2D eigenvalue weighted by atomic mass is 10.3. The van der Waals surface area contributed by atoms with Crippen LogP contribution in [0.1, 0.15) is 23.1 Å². The van der Waals surface area contributed by atoms with Crippen molar-refractivity contribution in [2.75, 3.05) is 12.3 Å². The number of carbonyl (C=O) groups excluding carboxylic acids is 1. The average Bonchev–Trinajstić information content (AvgIpc) is 2.67. The summed E-state index contributed by atoms with van der Waals surface area (Å²) in [5.74, 6) is 0.354. The lowest BCUT2D eigenvalue weighted by Gasteiger charge is -2.00. The van der Waals surface area contributed by atoms with E-state index in [1.165, 1.54) is 4.52 Å². The molecule has 2 N–H and O–H groups in total. The normalized spacial score (nSPS) is 10.9. The highest BCUT2D eigenvalue weighted by molar-refractivity contribution is 6.00. The molecule has 0 aliphatic rings. The first-order valence-corrected chi connectivity index (χ1v) is 4.91. The Morgan fingerprint density at radius 2 is 2.19 bits per heavy atom. The molecule has 0 fully saturated rings. The van der Waals surface area contributed by atoms with Gasteiger partial charge in [0.1, 0.15) is 11.4 Å². The molecule has 2 heterocycles. The summed E-state index contributed by atoms with van der Waals surface area (Å²) in [5.41, 5.74) is 6.51. The molecule has 0 aliphatic heterocycles. The Kier molecular flexibility index (Phi) is 2.30. The molecular weight excluding hydrogens is 210 g/mol. The number of hydrogen-bond donors (Lipinski definition) is 1. The summed E-state index contributed by atoms with van der Waals surface area (Å²) in [5, 5.41) is 8.20. The van der Waals surface area contributed by atoms with E-state index >= 15 is 0 Å². The van der Waals surface area contributed by atoms with Gasteiger partial charge in [-0.3, -0.25) is 0 Å². The zero-order valence-electron chi connectivity index (χ0n) is 9.39. The van der Waals surface area contributed by atoms with Gasteiger partial charge in [-0.25, -0.2) is 9.48 Å². The van der Waals surface area contributed by atoms with Crippen LogP contribution in [0.25, 0.3) is 5.65 Å². The first-order valence-electron chi connectivity index (χ1n) is 4.91. The van der Waals surface area contributed by atoms with Gasteiger partial charge in [0, 0.05) is 7.05 Å².